The molecule has 98 valence electrons. The SMILES string of the molecule is O=C(CCN1CCCC1)Nc1ccccc1CO. The minimum absolute atomic E-state index is 0.0165. The molecule has 0 bridgehead atoms. The van der Waals surface area contributed by atoms with Crippen LogP contribution >= 0.6 is 0 Å². The fourth-order valence-electron chi connectivity index (χ4n) is 2.26. The number of carbonyl (C=O) groups excluding carboxylic acids is 1. The lowest BCUT2D eigenvalue weighted by atomic mass is 10.2. The first-order valence-electron chi connectivity index (χ1n) is 6.50. The molecule has 1 fully saturated rings. The zero-order chi connectivity index (χ0) is 12.8. The Bertz CT molecular complexity index is 401. The first-order chi connectivity index (χ1) is 8.79. The monoisotopic (exact) mass is 248 g/mol. The Morgan fingerprint density at radius 2 is 2.00 bits per heavy atom. The summed E-state index contributed by atoms with van der Waals surface area (Å²) in [6.07, 6.45) is 3.00. The number of para-hydroxylation sites is 1. The summed E-state index contributed by atoms with van der Waals surface area (Å²) in [5.41, 5.74) is 1.47. The average Bonchev–Trinajstić information content (AvgIpc) is 2.90. The summed E-state index contributed by atoms with van der Waals surface area (Å²) in [5.74, 6) is 0.0165. The van der Waals surface area contributed by atoms with Crippen molar-refractivity contribution >= 4 is 11.6 Å². The van der Waals surface area contributed by atoms with Crippen molar-refractivity contribution in [2.75, 3.05) is 25.0 Å². The van der Waals surface area contributed by atoms with Crippen LogP contribution < -0.4 is 5.32 Å². The number of nitrogens with one attached hydrogen (secondary N) is 1. The highest BCUT2D eigenvalue weighted by Gasteiger charge is 2.13. The third-order valence-electron chi connectivity index (χ3n) is 3.32. The Kier molecular flexibility index (Phi) is 4.73. The van der Waals surface area contributed by atoms with Crippen molar-refractivity contribution < 1.29 is 9.90 Å². The van der Waals surface area contributed by atoms with Crippen LogP contribution in [0.3, 0.4) is 0 Å². The second-order valence-corrected chi connectivity index (χ2v) is 4.66. The summed E-state index contributed by atoms with van der Waals surface area (Å²) in [5, 5.41) is 12.0. The summed E-state index contributed by atoms with van der Waals surface area (Å²) in [4.78, 5) is 14.1. The molecule has 1 aliphatic rings. The number of carbonyl (C=O) groups is 1. The van der Waals surface area contributed by atoms with Gasteiger partial charge in [0.2, 0.25) is 5.91 Å². The smallest absolute Gasteiger partial charge is 0.225 e. The van der Waals surface area contributed by atoms with Crippen molar-refractivity contribution in [3.05, 3.63) is 29.8 Å². The summed E-state index contributed by atoms with van der Waals surface area (Å²) in [6.45, 7) is 3.00. The van der Waals surface area contributed by atoms with Crippen molar-refractivity contribution in [2.24, 2.45) is 0 Å². The van der Waals surface area contributed by atoms with Crippen molar-refractivity contribution in [1.29, 1.82) is 0 Å². The van der Waals surface area contributed by atoms with Gasteiger partial charge in [0.25, 0.3) is 0 Å². The zero-order valence-corrected chi connectivity index (χ0v) is 10.6. The predicted molar refractivity (Wildman–Crippen MR) is 71.3 cm³/mol. The number of hydrogen-bond acceptors (Lipinski definition) is 3. The Labute approximate surface area is 108 Å². The van der Waals surface area contributed by atoms with Crippen LogP contribution in [0, 0.1) is 0 Å². The van der Waals surface area contributed by atoms with E-state index in [1.54, 1.807) is 0 Å². The molecule has 4 heteroatoms. The molecule has 0 saturated carbocycles. The molecule has 1 aliphatic heterocycles. The Balaban J connectivity index is 1.82. The number of nitrogens with zero attached hydrogens (tertiary/aromatic N) is 1. The first-order valence-corrected chi connectivity index (χ1v) is 6.50. The van der Waals surface area contributed by atoms with Gasteiger partial charge in [0.15, 0.2) is 0 Å². The van der Waals surface area contributed by atoms with E-state index < -0.39 is 0 Å². The molecule has 1 saturated heterocycles. The highest BCUT2D eigenvalue weighted by Crippen LogP contribution is 2.15. The van der Waals surface area contributed by atoms with Gasteiger partial charge in [-0.1, -0.05) is 18.2 Å². The molecule has 1 heterocycles. The fraction of sp³-hybridized carbons (Fsp3) is 0.500. The van der Waals surface area contributed by atoms with E-state index in [-0.39, 0.29) is 12.5 Å². The summed E-state index contributed by atoms with van der Waals surface area (Å²) in [7, 11) is 0. The summed E-state index contributed by atoms with van der Waals surface area (Å²) >= 11 is 0. The second-order valence-electron chi connectivity index (χ2n) is 4.66. The maximum absolute atomic E-state index is 11.8. The molecular weight excluding hydrogens is 228 g/mol. The van der Waals surface area contributed by atoms with Crippen molar-refractivity contribution in [3.63, 3.8) is 0 Å². The molecule has 1 aromatic rings. The third kappa shape index (κ3) is 3.55. The Morgan fingerprint density at radius 3 is 2.72 bits per heavy atom. The minimum Gasteiger partial charge on any atom is -0.392 e. The quantitative estimate of drug-likeness (QED) is 0.832. The van der Waals surface area contributed by atoms with E-state index in [9.17, 15) is 9.90 Å². The van der Waals surface area contributed by atoms with Crippen LogP contribution in [0.1, 0.15) is 24.8 Å². The van der Waals surface area contributed by atoms with Crippen LogP contribution in [-0.2, 0) is 11.4 Å². The van der Waals surface area contributed by atoms with E-state index in [1.165, 1.54) is 12.8 Å². The van der Waals surface area contributed by atoms with E-state index >= 15 is 0 Å². The van der Waals surface area contributed by atoms with Gasteiger partial charge in [0, 0.05) is 24.2 Å². The van der Waals surface area contributed by atoms with Gasteiger partial charge in [-0.25, -0.2) is 0 Å². The lowest BCUT2D eigenvalue weighted by Crippen LogP contribution is -2.25. The number of aliphatic hydroxyl groups excluding tert-OH is 1. The van der Waals surface area contributed by atoms with Crippen LogP contribution in [0.2, 0.25) is 0 Å². The third-order valence-corrected chi connectivity index (χ3v) is 3.32. The lowest BCUT2D eigenvalue weighted by molar-refractivity contribution is -0.116. The number of aliphatic hydroxyl groups is 1. The van der Waals surface area contributed by atoms with Gasteiger partial charge in [-0.05, 0) is 32.0 Å². The number of benzene rings is 1. The normalized spacial score (nSPS) is 15.8. The van der Waals surface area contributed by atoms with Crippen molar-refractivity contribution in [1.82, 2.24) is 4.90 Å². The molecule has 1 aromatic carbocycles. The highest BCUT2D eigenvalue weighted by molar-refractivity contribution is 5.91. The van der Waals surface area contributed by atoms with Gasteiger partial charge in [-0.2, -0.15) is 0 Å². The minimum atomic E-state index is -0.0530. The van der Waals surface area contributed by atoms with Crippen molar-refractivity contribution in [3.8, 4) is 0 Å². The molecule has 18 heavy (non-hydrogen) atoms. The van der Waals surface area contributed by atoms with Gasteiger partial charge in [0.05, 0.1) is 6.61 Å². The Morgan fingerprint density at radius 1 is 1.28 bits per heavy atom. The zero-order valence-electron chi connectivity index (χ0n) is 10.6. The van der Waals surface area contributed by atoms with Gasteiger partial charge in [-0.3, -0.25) is 4.79 Å². The number of rotatable bonds is 5. The van der Waals surface area contributed by atoms with Gasteiger partial charge >= 0.3 is 0 Å². The van der Waals surface area contributed by atoms with E-state index in [0.717, 1.165) is 25.2 Å². The maximum Gasteiger partial charge on any atom is 0.225 e. The topological polar surface area (TPSA) is 52.6 Å². The average molecular weight is 248 g/mol. The summed E-state index contributed by atoms with van der Waals surface area (Å²) in [6, 6.07) is 7.34. The Hall–Kier alpha value is -1.39. The lowest BCUT2D eigenvalue weighted by Gasteiger charge is -2.14. The van der Waals surface area contributed by atoms with Crippen LogP contribution in [0.5, 0.6) is 0 Å². The van der Waals surface area contributed by atoms with Crippen LogP contribution in [0.4, 0.5) is 5.69 Å². The van der Waals surface area contributed by atoms with Gasteiger partial charge < -0.3 is 15.3 Å². The molecule has 2 N–H and O–H groups in total. The number of likely N-dealkylation sites (tertiary alicyclic amines) is 1. The van der Waals surface area contributed by atoms with Gasteiger partial charge in [-0.15, -0.1) is 0 Å². The largest absolute Gasteiger partial charge is 0.392 e. The molecule has 0 aliphatic carbocycles. The molecule has 0 unspecified atom stereocenters. The number of hydrogen-bond donors (Lipinski definition) is 2. The molecule has 0 spiro atoms. The molecule has 1 amide bonds. The molecule has 0 atom stereocenters. The number of anilines is 1. The first kappa shape index (κ1) is 13.1. The van der Waals surface area contributed by atoms with Crippen LogP contribution in [0.15, 0.2) is 24.3 Å². The second kappa shape index (κ2) is 6.52. The summed E-state index contributed by atoms with van der Waals surface area (Å²) < 4.78 is 0. The van der Waals surface area contributed by atoms with E-state index in [2.05, 4.69) is 10.2 Å². The van der Waals surface area contributed by atoms with Crippen LogP contribution in [0.25, 0.3) is 0 Å². The van der Waals surface area contributed by atoms with E-state index in [1.807, 2.05) is 24.3 Å². The fourth-order valence-corrected chi connectivity index (χ4v) is 2.26. The van der Waals surface area contributed by atoms with Crippen LogP contribution in [-0.4, -0.2) is 35.5 Å². The molecule has 4 nitrogen and oxygen atoms in total. The highest BCUT2D eigenvalue weighted by atomic mass is 16.3. The molecule has 2 rings (SSSR count). The van der Waals surface area contributed by atoms with Gasteiger partial charge in [0.1, 0.15) is 0 Å². The van der Waals surface area contributed by atoms with E-state index in [0.29, 0.717) is 12.1 Å². The molecule has 0 aromatic heterocycles. The van der Waals surface area contributed by atoms with E-state index in [4.69, 9.17) is 0 Å². The maximum atomic E-state index is 11.8. The predicted octanol–water partition coefficient (Wildman–Crippen LogP) is 1.60. The standard InChI is InChI=1S/C14H20N2O2/c17-11-12-5-1-2-6-13(12)15-14(18)7-10-16-8-3-4-9-16/h1-2,5-6,17H,3-4,7-11H2,(H,15,18). The molecular formula is C14H20N2O2. The number of amides is 1. The molecule has 0 radical (unpaired) electrons. The van der Waals surface area contributed by atoms with Crippen molar-refractivity contribution in [2.45, 2.75) is 25.9 Å².